The Labute approximate surface area is 130 Å². The molecular weight excluding hydrogens is 256 g/mol. The van der Waals surface area contributed by atoms with Crippen molar-refractivity contribution in [3.8, 4) is 0 Å². The number of benzene rings is 1. The van der Waals surface area contributed by atoms with Crippen LogP contribution in [0.2, 0.25) is 0 Å². The van der Waals surface area contributed by atoms with Crippen LogP contribution in [0.1, 0.15) is 51.2 Å². The van der Waals surface area contributed by atoms with Crippen molar-refractivity contribution in [1.29, 1.82) is 0 Å². The molecule has 0 heterocycles. The standard InChI is InChI=1S/C19H32N2/c1-15(2)13-16(3)21(4)14-18-7-5-17(6-8-18)11-12-20-19-9-10-19/h5-8,15-16,19-20H,9-14H2,1-4H3. The van der Waals surface area contributed by atoms with Crippen molar-refractivity contribution in [2.75, 3.05) is 13.6 Å². The first-order valence-corrected chi connectivity index (χ1v) is 8.56. The molecule has 1 fully saturated rings. The Balaban J connectivity index is 1.75. The second-order valence-corrected chi connectivity index (χ2v) is 7.19. The summed E-state index contributed by atoms with van der Waals surface area (Å²) in [7, 11) is 2.24. The molecule has 0 aliphatic heterocycles. The van der Waals surface area contributed by atoms with Gasteiger partial charge in [0, 0.05) is 18.6 Å². The first-order chi connectivity index (χ1) is 10.0. The summed E-state index contributed by atoms with van der Waals surface area (Å²) < 4.78 is 0. The van der Waals surface area contributed by atoms with E-state index >= 15 is 0 Å². The molecule has 0 spiro atoms. The van der Waals surface area contributed by atoms with Gasteiger partial charge in [-0.25, -0.2) is 0 Å². The highest BCUT2D eigenvalue weighted by molar-refractivity contribution is 5.22. The molecule has 2 rings (SSSR count). The van der Waals surface area contributed by atoms with E-state index in [0.717, 1.165) is 31.5 Å². The molecule has 1 N–H and O–H groups in total. The number of rotatable bonds is 9. The van der Waals surface area contributed by atoms with Gasteiger partial charge in [-0.05, 0) is 63.2 Å². The Kier molecular flexibility index (Phi) is 6.25. The van der Waals surface area contributed by atoms with Crippen LogP contribution >= 0.6 is 0 Å². The lowest BCUT2D eigenvalue weighted by Gasteiger charge is -2.26. The van der Waals surface area contributed by atoms with Gasteiger partial charge in [0.15, 0.2) is 0 Å². The summed E-state index contributed by atoms with van der Waals surface area (Å²) in [5.41, 5.74) is 2.87. The molecule has 1 unspecified atom stereocenters. The van der Waals surface area contributed by atoms with Gasteiger partial charge in [-0.15, -0.1) is 0 Å². The van der Waals surface area contributed by atoms with Gasteiger partial charge in [0.2, 0.25) is 0 Å². The van der Waals surface area contributed by atoms with Crippen LogP contribution in [-0.4, -0.2) is 30.6 Å². The van der Waals surface area contributed by atoms with Gasteiger partial charge in [0.25, 0.3) is 0 Å². The van der Waals surface area contributed by atoms with Crippen LogP contribution in [0.3, 0.4) is 0 Å². The molecule has 1 aliphatic rings. The van der Waals surface area contributed by atoms with Crippen molar-refractivity contribution in [2.24, 2.45) is 5.92 Å². The van der Waals surface area contributed by atoms with Gasteiger partial charge in [-0.3, -0.25) is 4.90 Å². The second kappa shape index (κ2) is 7.95. The average molecular weight is 288 g/mol. The van der Waals surface area contributed by atoms with Crippen LogP contribution < -0.4 is 5.32 Å². The van der Waals surface area contributed by atoms with Crippen LogP contribution in [0.25, 0.3) is 0 Å². The third-order valence-electron chi connectivity index (χ3n) is 4.44. The normalized spacial score (nSPS) is 16.7. The van der Waals surface area contributed by atoms with E-state index in [4.69, 9.17) is 0 Å². The molecule has 1 aromatic rings. The zero-order chi connectivity index (χ0) is 15.2. The minimum atomic E-state index is 0.646. The highest BCUT2D eigenvalue weighted by Gasteiger charge is 2.19. The SMILES string of the molecule is CC(C)CC(C)N(C)Cc1ccc(CCNC2CC2)cc1. The Bertz CT molecular complexity index is 406. The van der Waals surface area contributed by atoms with E-state index in [1.807, 2.05) is 0 Å². The zero-order valence-corrected chi connectivity index (χ0v) is 14.2. The van der Waals surface area contributed by atoms with E-state index in [1.165, 1.54) is 30.4 Å². The maximum Gasteiger partial charge on any atom is 0.0233 e. The number of nitrogens with zero attached hydrogens (tertiary/aromatic N) is 1. The predicted molar refractivity (Wildman–Crippen MR) is 91.6 cm³/mol. The fourth-order valence-electron chi connectivity index (χ4n) is 2.83. The van der Waals surface area contributed by atoms with Crippen LogP contribution in [0.15, 0.2) is 24.3 Å². The van der Waals surface area contributed by atoms with Crippen molar-refractivity contribution in [3.63, 3.8) is 0 Å². The molecule has 118 valence electrons. The first-order valence-electron chi connectivity index (χ1n) is 8.56. The lowest BCUT2D eigenvalue weighted by Crippen LogP contribution is -2.29. The van der Waals surface area contributed by atoms with E-state index in [1.54, 1.807) is 0 Å². The molecule has 1 aliphatic carbocycles. The van der Waals surface area contributed by atoms with Gasteiger partial charge < -0.3 is 5.32 Å². The molecule has 0 amide bonds. The lowest BCUT2D eigenvalue weighted by atomic mass is 10.0. The fraction of sp³-hybridized carbons (Fsp3) is 0.684. The van der Waals surface area contributed by atoms with Gasteiger partial charge in [-0.1, -0.05) is 38.1 Å². The van der Waals surface area contributed by atoms with Crippen LogP contribution in [-0.2, 0) is 13.0 Å². The van der Waals surface area contributed by atoms with Crippen LogP contribution in [0.5, 0.6) is 0 Å². The summed E-state index contributed by atoms with van der Waals surface area (Å²) >= 11 is 0. The zero-order valence-electron chi connectivity index (χ0n) is 14.2. The van der Waals surface area contributed by atoms with Crippen molar-refractivity contribution in [2.45, 2.75) is 65.1 Å². The van der Waals surface area contributed by atoms with Crippen molar-refractivity contribution in [1.82, 2.24) is 10.2 Å². The largest absolute Gasteiger partial charge is 0.314 e. The highest BCUT2D eigenvalue weighted by atomic mass is 15.1. The Morgan fingerprint density at radius 3 is 2.29 bits per heavy atom. The van der Waals surface area contributed by atoms with E-state index < -0.39 is 0 Å². The van der Waals surface area contributed by atoms with Crippen molar-refractivity contribution >= 4 is 0 Å². The van der Waals surface area contributed by atoms with E-state index in [9.17, 15) is 0 Å². The molecule has 1 atom stereocenters. The molecule has 0 aromatic heterocycles. The van der Waals surface area contributed by atoms with E-state index in [-0.39, 0.29) is 0 Å². The number of nitrogens with one attached hydrogen (secondary N) is 1. The Morgan fingerprint density at radius 2 is 1.71 bits per heavy atom. The molecule has 21 heavy (non-hydrogen) atoms. The molecule has 0 bridgehead atoms. The minimum Gasteiger partial charge on any atom is -0.314 e. The predicted octanol–water partition coefficient (Wildman–Crippen LogP) is 3.85. The maximum atomic E-state index is 3.58. The van der Waals surface area contributed by atoms with E-state index in [0.29, 0.717) is 6.04 Å². The van der Waals surface area contributed by atoms with Gasteiger partial charge in [0.05, 0.1) is 0 Å². The highest BCUT2D eigenvalue weighted by Crippen LogP contribution is 2.18. The third-order valence-corrected chi connectivity index (χ3v) is 4.44. The lowest BCUT2D eigenvalue weighted by molar-refractivity contribution is 0.220. The van der Waals surface area contributed by atoms with Crippen molar-refractivity contribution < 1.29 is 0 Å². The third kappa shape index (κ3) is 6.19. The quantitative estimate of drug-likeness (QED) is 0.742. The summed E-state index contributed by atoms with van der Waals surface area (Å²) in [4.78, 5) is 2.46. The molecule has 1 saturated carbocycles. The summed E-state index contributed by atoms with van der Waals surface area (Å²) in [5.74, 6) is 0.767. The fourth-order valence-corrected chi connectivity index (χ4v) is 2.83. The molecular formula is C19H32N2. The van der Waals surface area contributed by atoms with Crippen LogP contribution in [0, 0.1) is 5.92 Å². The summed E-state index contributed by atoms with van der Waals surface area (Å²) in [5, 5.41) is 3.58. The first kappa shape index (κ1) is 16.5. The van der Waals surface area contributed by atoms with Gasteiger partial charge in [0.1, 0.15) is 0 Å². The molecule has 0 saturated heterocycles. The van der Waals surface area contributed by atoms with E-state index in [2.05, 4.69) is 62.3 Å². The van der Waals surface area contributed by atoms with Crippen LogP contribution in [0.4, 0.5) is 0 Å². The summed E-state index contributed by atoms with van der Waals surface area (Å²) in [6, 6.07) is 10.7. The minimum absolute atomic E-state index is 0.646. The molecule has 2 heteroatoms. The molecule has 0 radical (unpaired) electrons. The topological polar surface area (TPSA) is 15.3 Å². The van der Waals surface area contributed by atoms with Gasteiger partial charge in [-0.2, -0.15) is 0 Å². The molecule has 2 nitrogen and oxygen atoms in total. The smallest absolute Gasteiger partial charge is 0.0233 e. The number of hydrogen-bond acceptors (Lipinski definition) is 2. The Morgan fingerprint density at radius 1 is 1.10 bits per heavy atom. The number of hydrogen-bond donors (Lipinski definition) is 1. The second-order valence-electron chi connectivity index (χ2n) is 7.19. The summed E-state index contributed by atoms with van der Waals surface area (Å²) in [6.45, 7) is 9.10. The van der Waals surface area contributed by atoms with Gasteiger partial charge >= 0.3 is 0 Å². The average Bonchev–Trinajstić information content (AvgIpc) is 3.24. The monoisotopic (exact) mass is 288 g/mol. The Hall–Kier alpha value is -0.860. The summed E-state index contributed by atoms with van der Waals surface area (Å²) in [6.07, 6.45) is 5.16. The van der Waals surface area contributed by atoms with Crippen molar-refractivity contribution in [3.05, 3.63) is 35.4 Å². The maximum absolute atomic E-state index is 3.58. The molecule has 1 aromatic carbocycles.